The summed E-state index contributed by atoms with van der Waals surface area (Å²) in [6.07, 6.45) is 0.224. The summed E-state index contributed by atoms with van der Waals surface area (Å²) in [4.78, 5) is 6.54. The molecule has 0 aromatic heterocycles. The Labute approximate surface area is 150 Å². The third-order valence-electron chi connectivity index (χ3n) is 3.64. The molecule has 1 aliphatic heterocycles. The van der Waals surface area contributed by atoms with Crippen molar-refractivity contribution in [3.8, 4) is 0 Å². The summed E-state index contributed by atoms with van der Waals surface area (Å²) >= 11 is 0. The summed E-state index contributed by atoms with van der Waals surface area (Å²) in [5.41, 5.74) is 2.53. The molecule has 1 heterocycles. The third-order valence-corrected chi connectivity index (χ3v) is 3.64. The molecule has 1 saturated heterocycles. The van der Waals surface area contributed by atoms with Crippen LogP contribution in [0.5, 0.6) is 0 Å². The Hall–Kier alpha value is -0.860. The van der Waals surface area contributed by atoms with Gasteiger partial charge in [-0.2, -0.15) is 0 Å². The maximum atomic E-state index is 5.73. The van der Waals surface area contributed by atoms with Crippen LogP contribution in [-0.2, 0) is 11.3 Å². The fourth-order valence-electron chi connectivity index (χ4n) is 2.31. The molecule has 124 valence electrons. The molecule has 0 aliphatic carbocycles. The summed E-state index contributed by atoms with van der Waals surface area (Å²) in [5, 5.41) is 6.65. The largest absolute Gasteiger partial charge is 0.374 e. The molecule has 1 fully saturated rings. The lowest BCUT2D eigenvalue weighted by Gasteiger charge is -2.30. The number of nitrogens with one attached hydrogen (secondary N) is 2. The standard InChI is InChI=1S/C16H26N4O.HI/c1-13-4-6-14(7-5-13)10-18-16(17-2)19-11-15-12-20(3)8-9-21-15;/h4-7,15H,8-12H2,1-3H3,(H2,17,18,19);1H. The first-order valence-electron chi connectivity index (χ1n) is 7.47. The molecule has 1 aromatic carbocycles. The Morgan fingerprint density at radius 2 is 2.05 bits per heavy atom. The highest BCUT2D eigenvalue weighted by atomic mass is 127. The Morgan fingerprint density at radius 3 is 2.68 bits per heavy atom. The monoisotopic (exact) mass is 418 g/mol. The number of ether oxygens (including phenoxy) is 1. The summed E-state index contributed by atoms with van der Waals surface area (Å²) < 4.78 is 5.73. The molecule has 5 nitrogen and oxygen atoms in total. The van der Waals surface area contributed by atoms with Gasteiger partial charge in [-0.15, -0.1) is 24.0 Å². The number of hydrogen-bond donors (Lipinski definition) is 2. The molecule has 1 aromatic rings. The van der Waals surface area contributed by atoms with Crippen molar-refractivity contribution >= 4 is 29.9 Å². The Balaban J connectivity index is 0.00000242. The van der Waals surface area contributed by atoms with Gasteiger partial charge in [0.15, 0.2) is 5.96 Å². The van der Waals surface area contributed by atoms with E-state index in [1.165, 1.54) is 11.1 Å². The third kappa shape index (κ3) is 6.50. The van der Waals surface area contributed by atoms with Gasteiger partial charge in [-0.05, 0) is 19.5 Å². The zero-order valence-electron chi connectivity index (χ0n) is 13.6. The van der Waals surface area contributed by atoms with E-state index in [1.807, 2.05) is 0 Å². The Kier molecular flexibility index (Phi) is 8.74. The predicted molar refractivity (Wildman–Crippen MR) is 102 cm³/mol. The number of aliphatic imine (C=N–C) groups is 1. The Morgan fingerprint density at radius 1 is 1.32 bits per heavy atom. The van der Waals surface area contributed by atoms with Gasteiger partial charge >= 0.3 is 0 Å². The van der Waals surface area contributed by atoms with Gasteiger partial charge in [0.1, 0.15) is 0 Å². The number of morpholine rings is 1. The molecule has 0 radical (unpaired) electrons. The van der Waals surface area contributed by atoms with Crippen LogP contribution >= 0.6 is 24.0 Å². The second kappa shape index (κ2) is 10.0. The van der Waals surface area contributed by atoms with E-state index in [2.05, 4.69) is 58.8 Å². The average Bonchev–Trinajstić information content (AvgIpc) is 2.49. The molecular formula is C16H27IN4O. The second-order valence-electron chi connectivity index (χ2n) is 5.55. The van der Waals surface area contributed by atoms with Crippen molar-refractivity contribution in [3.63, 3.8) is 0 Å². The minimum Gasteiger partial charge on any atom is -0.374 e. The smallest absolute Gasteiger partial charge is 0.191 e. The molecule has 0 saturated carbocycles. The van der Waals surface area contributed by atoms with Crippen LogP contribution in [0.25, 0.3) is 0 Å². The SMILES string of the molecule is CN=C(NCc1ccc(C)cc1)NCC1CN(C)CCO1.I. The van der Waals surface area contributed by atoms with Gasteiger partial charge in [-0.1, -0.05) is 29.8 Å². The van der Waals surface area contributed by atoms with Gasteiger partial charge in [0.25, 0.3) is 0 Å². The van der Waals surface area contributed by atoms with E-state index >= 15 is 0 Å². The van der Waals surface area contributed by atoms with Crippen LogP contribution < -0.4 is 10.6 Å². The quantitative estimate of drug-likeness (QED) is 0.443. The first-order chi connectivity index (χ1) is 10.2. The van der Waals surface area contributed by atoms with E-state index in [9.17, 15) is 0 Å². The molecule has 0 amide bonds. The van der Waals surface area contributed by atoms with E-state index < -0.39 is 0 Å². The number of benzene rings is 1. The number of halogens is 1. The summed E-state index contributed by atoms with van der Waals surface area (Å²) in [6.45, 7) is 6.42. The minimum atomic E-state index is 0. The van der Waals surface area contributed by atoms with E-state index in [0.29, 0.717) is 0 Å². The molecule has 1 atom stereocenters. The number of guanidine groups is 1. The molecule has 0 bridgehead atoms. The van der Waals surface area contributed by atoms with Crippen LogP contribution in [-0.4, -0.2) is 57.3 Å². The molecule has 1 aliphatic rings. The van der Waals surface area contributed by atoms with E-state index in [1.54, 1.807) is 7.05 Å². The van der Waals surface area contributed by atoms with Gasteiger partial charge in [-0.3, -0.25) is 4.99 Å². The van der Waals surface area contributed by atoms with Crippen molar-refractivity contribution in [2.45, 2.75) is 19.6 Å². The molecule has 2 rings (SSSR count). The van der Waals surface area contributed by atoms with Crippen molar-refractivity contribution in [3.05, 3.63) is 35.4 Å². The average molecular weight is 418 g/mol. The van der Waals surface area contributed by atoms with Crippen LogP contribution in [0.2, 0.25) is 0 Å². The van der Waals surface area contributed by atoms with E-state index in [0.717, 1.165) is 38.7 Å². The maximum Gasteiger partial charge on any atom is 0.191 e. The van der Waals surface area contributed by atoms with E-state index in [-0.39, 0.29) is 30.1 Å². The highest BCUT2D eigenvalue weighted by molar-refractivity contribution is 14.0. The zero-order chi connectivity index (χ0) is 15.1. The number of hydrogen-bond acceptors (Lipinski definition) is 3. The molecule has 0 spiro atoms. The Bertz CT molecular complexity index is 464. The van der Waals surface area contributed by atoms with Crippen molar-refractivity contribution in [1.82, 2.24) is 15.5 Å². The van der Waals surface area contributed by atoms with Gasteiger partial charge < -0.3 is 20.3 Å². The van der Waals surface area contributed by atoms with Gasteiger partial charge in [0.2, 0.25) is 0 Å². The number of aryl methyl sites for hydroxylation is 1. The van der Waals surface area contributed by atoms with Crippen molar-refractivity contribution in [2.24, 2.45) is 4.99 Å². The molecule has 6 heteroatoms. The van der Waals surface area contributed by atoms with Crippen LogP contribution in [0, 0.1) is 6.92 Å². The minimum absolute atomic E-state index is 0. The highest BCUT2D eigenvalue weighted by Gasteiger charge is 2.17. The van der Waals surface area contributed by atoms with Crippen molar-refractivity contribution in [2.75, 3.05) is 40.3 Å². The number of nitrogens with zero attached hydrogens (tertiary/aromatic N) is 2. The molecule has 2 N–H and O–H groups in total. The highest BCUT2D eigenvalue weighted by Crippen LogP contribution is 2.03. The number of rotatable bonds is 4. The van der Waals surface area contributed by atoms with Crippen LogP contribution in [0.1, 0.15) is 11.1 Å². The second-order valence-corrected chi connectivity index (χ2v) is 5.55. The lowest BCUT2D eigenvalue weighted by Crippen LogP contribution is -2.48. The predicted octanol–water partition coefficient (Wildman–Crippen LogP) is 1.61. The lowest BCUT2D eigenvalue weighted by atomic mass is 10.1. The fourth-order valence-corrected chi connectivity index (χ4v) is 2.31. The molecular weight excluding hydrogens is 391 g/mol. The first kappa shape index (κ1) is 19.2. The maximum absolute atomic E-state index is 5.73. The van der Waals surface area contributed by atoms with Gasteiger partial charge in [0.05, 0.1) is 12.7 Å². The van der Waals surface area contributed by atoms with E-state index in [4.69, 9.17) is 4.74 Å². The zero-order valence-corrected chi connectivity index (χ0v) is 16.0. The lowest BCUT2D eigenvalue weighted by molar-refractivity contribution is -0.0161. The van der Waals surface area contributed by atoms with Gasteiger partial charge in [-0.25, -0.2) is 0 Å². The normalized spacial score (nSPS) is 19.4. The van der Waals surface area contributed by atoms with Gasteiger partial charge in [0, 0.05) is 33.2 Å². The van der Waals surface area contributed by atoms with Crippen molar-refractivity contribution in [1.29, 1.82) is 0 Å². The van der Waals surface area contributed by atoms with Crippen LogP contribution in [0.3, 0.4) is 0 Å². The summed E-state index contributed by atoms with van der Waals surface area (Å²) in [5.74, 6) is 0.812. The molecule has 1 unspecified atom stereocenters. The summed E-state index contributed by atoms with van der Waals surface area (Å²) in [6, 6.07) is 8.52. The van der Waals surface area contributed by atoms with Crippen LogP contribution in [0.15, 0.2) is 29.3 Å². The fraction of sp³-hybridized carbons (Fsp3) is 0.562. The molecule has 22 heavy (non-hydrogen) atoms. The first-order valence-corrected chi connectivity index (χ1v) is 7.47. The summed E-state index contributed by atoms with van der Waals surface area (Å²) in [7, 11) is 3.91. The topological polar surface area (TPSA) is 48.9 Å². The van der Waals surface area contributed by atoms with Crippen molar-refractivity contribution < 1.29 is 4.74 Å². The van der Waals surface area contributed by atoms with Crippen LogP contribution in [0.4, 0.5) is 0 Å². The number of likely N-dealkylation sites (N-methyl/N-ethyl adjacent to an activating group) is 1.